The fourth-order valence-electron chi connectivity index (χ4n) is 2.22. The maximum atomic E-state index is 12.2. The molecule has 6 nitrogen and oxygen atoms in total. The van der Waals surface area contributed by atoms with Crippen LogP contribution < -0.4 is 0 Å². The van der Waals surface area contributed by atoms with Gasteiger partial charge in [-0.2, -0.15) is 0 Å². The van der Waals surface area contributed by atoms with Crippen LogP contribution in [0.3, 0.4) is 0 Å². The van der Waals surface area contributed by atoms with Crippen LogP contribution in [0, 0.1) is 0 Å². The molecule has 0 bridgehead atoms. The molecule has 0 amide bonds. The predicted molar refractivity (Wildman–Crippen MR) is 84.0 cm³/mol. The third-order valence-corrected chi connectivity index (χ3v) is 3.58. The zero-order valence-electron chi connectivity index (χ0n) is 13.4. The molecular weight excluding hydrogens is 300 g/mol. The van der Waals surface area contributed by atoms with E-state index in [9.17, 15) is 19.5 Å². The van der Waals surface area contributed by atoms with Crippen molar-refractivity contribution in [3.8, 4) is 0 Å². The Labute approximate surface area is 135 Å². The highest BCUT2D eigenvalue weighted by molar-refractivity contribution is 6.04. The molecular formula is C17H22O6. The minimum Gasteiger partial charge on any atom is -0.478 e. The van der Waals surface area contributed by atoms with Crippen molar-refractivity contribution in [1.29, 1.82) is 0 Å². The maximum absolute atomic E-state index is 12.2. The molecule has 1 aromatic carbocycles. The molecule has 0 aliphatic carbocycles. The van der Waals surface area contributed by atoms with Gasteiger partial charge < -0.3 is 14.9 Å². The summed E-state index contributed by atoms with van der Waals surface area (Å²) in [6, 6.07) is 3.36. The summed E-state index contributed by atoms with van der Waals surface area (Å²) in [5, 5.41) is 18.1. The zero-order valence-corrected chi connectivity index (χ0v) is 13.4. The molecule has 126 valence electrons. The highest BCUT2D eigenvalue weighted by atomic mass is 16.5. The second kappa shape index (κ2) is 8.92. The Kier molecular flexibility index (Phi) is 7.25. The number of carboxylic acid groups (broad SMARTS) is 2. The van der Waals surface area contributed by atoms with Crippen molar-refractivity contribution in [1.82, 2.24) is 0 Å². The number of carboxylic acids is 2. The number of rotatable bonds is 9. The lowest BCUT2D eigenvalue weighted by Gasteiger charge is -2.17. The number of esters is 1. The Morgan fingerprint density at radius 1 is 1.04 bits per heavy atom. The quantitative estimate of drug-likeness (QED) is 0.532. The molecule has 0 aromatic heterocycles. The maximum Gasteiger partial charge on any atom is 0.339 e. The van der Waals surface area contributed by atoms with Crippen LogP contribution in [0.25, 0.3) is 0 Å². The van der Waals surface area contributed by atoms with Crippen LogP contribution in [0.1, 0.15) is 77.0 Å². The van der Waals surface area contributed by atoms with E-state index < -0.39 is 17.9 Å². The molecule has 0 saturated heterocycles. The van der Waals surface area contributed by atoms with Gasteiger partial charge >= 0.3 is 17.9 Å². The normalized spacial score (nSPS) is 11.7. The minimum absolute atomic E-state index is 0.128. The molecule has 0 saturated carbocycles. The van der Waals surface area contributed by atoms with Gasteiger partial charge in [-0.05, 0) is 37.5 Å². The fraction of sp³-hybridized carbons (Fsp3) is 0.471. The summed E-state index contributed by atoms with van der Waals surface area (Å²) < 4.78 is 5.37. The van der Waals surface area contributed by atoms with Gasteiger partial charge in [0.1, 0.15) is 6.10 Å². The van der Waals surface area contributed by atoms with Crippen molar-refractivity contribution in [3.05, 3.63) is 34.9 Å². The first kappa shape index (κ1) is 18.7. The first-order valence-corrected chi connectivity index (χ1v) is 7.72. The topological polar surface area (TPSA) is 101 Å². The van der Waals surface area contributed by atoms with Gasteiger partial charge in [0, 0.05) is 0 Å². The molecule has 0 aliphatic rings. The van der Waals surface area contributed by atoms with Crippen LogP contribution in [0.4, 0.5) is 0 Å². The number of carbonyl (C=O) groups excluding carboxylic acids is 1. The minimum atomic E-state index is -1.36. The first-order valence-electron chi connectivity index (χ1n) is 7.72. The van der Waals surface area contributed by atoms with E-state index in [0.29, 0.717) is 6.42 Å². The van der Waals surface area contributed by atoms with Crippen molar-refractivity contribution in [3.63, 3.8) is 0 Å². The van der Waals surface area contributed by atoms with Gasteiger partial charge in [-0.15, -0.1) is 0 Å². The van der Waals surface area contributed by atoms with Crippen LogP contribution in [-0.2, 0) is 4.74 Å². The Morgan fingerprint density at radius 2 is 1.74 bits per heavy atom. The van der Waals surface area contributed by atoms with Crippen LogP contribution >= 0.6 is 0 Å². The van der Waals surface area contributed by atoms with E-state index in [4.69, 9.17) is 9.84 Å². The molecule has 0 fully saturated rings. The number of benzene rings is 1. The van der Waals surface area contributed by atoms with E-state index in [0.717, 1.165) is 31.7 Å². The van der Waals surface area contributed by atoms with Crippen molar-refractivity contribution in [2.45, 2.75) is 52.1 Å². The molecule has 1 rings (SSSR count). The average Bonchev–Trinajstić information content (AvgIpc) is 2.53. The van der Waals surface area contributed by atoms with Crippen LogP contribution in [0.2, 0.25) is 0 Å². The summed E-state index contributed by atoms with van der Waals surface area (Å²) in [5.74, 6) is -3.35. The van der Waals surface area contributed by atoms with Gasteiger partial charge in [-0.1, -0.05) is 26.7 Å². The predicted octanol–water partition coefficient (Wildman–Crippen LogP) is 3.60. The second-order valence-electron chi connectivity index (χ2n) is 5.30. The number of aromatic carboxylic acids is 2. The monoisotopic (exact) mass is 322 g/mol. The Balaban J connectivity index is 2.93. The van der Waals surface area contributed by atoms with E-state index in [-0.39, 0.29) is 22.8 Å². The summed E-state index contributed by atoms with van der Waals surface area (Å²) in [4.78, 5) is 34.4. The molecule has 1 aromatic rings. The first-order chi connectivity index (χ1) is 10.9. The van der Waals surface area contributed by atoms with Gasteiger partial charge in [0.25, 0.3) is 0 Å². The molecule has 0 aliphatic heterocycles. The smallest absolute Gasteiger partial charge is 0.339 e. The molecule has 1 unspecified atom stereocenters. The molecule has 23 heavy (non-hydrogen) atoms. The molecule has 0 spiro atoms. The molecule has 1 atom stereocenters. The third-order valence-electron chi connectivity index (χ3n) is 3.58. The summed E-state index contributed by atoms with van der Waals surface area (Å²) in [6.07, 6.45) is 4.14. The van der Waals surface area contributed by atoms with Gasteiger partial charge in [-0.3, -0.25) is 0 Å². The Bertz CT molecular complexity index is 578. The van der Waals surface area contributed by atoms with Gasteiger partial charge in [0.05, 0.1) is 16.7 Å². The Hall–Kier alpha value is -2.37. The average molecular weight is 322 g/mol. The number of ether oxygens (including phenoxy) is 1. The van der Waals surface area contributed by atoms with Crippen molar-refractivity contribution in [2.75, 3.05) is 0 Å². The highest BCUT2D eigenvalue weighted by Crippen LogP contribution is 2.17. The van der Waals surface area contributed by atoms with E-state index in [1.54, 1.807) is 0 Å². The van der Waals surface area contributed by atoms with E-state index in [1.165, 1.54) is 12.1 Å². The standard InChI is InChI=1S/C17H22O6/c1-3-5-6-7-12(4-2)23-17(22)13-9-8-11(15(18)19)10-14(13)16(20)21/h8-10,12H,3-7H2,1-2H3,(H,18,19)(H,20,21). The zero-order chi connectivity index (χ0) is 17.4. The number of carbonyl (C=O) groups is 3. The summed E-state index contributed by atoms with van der Waals surface area (Å²) in [6.45, 7) is 3.98. The lowest BCUT2D eigenvalue weighted by Crippen LogP contribution is -2.20. The molecule has 2 N–H and O–H groups in total. The number of hydrogen-bond donors (Lipinski definition) is 2. The van der Waals surface area contributed by atoms with E-state index in [2.05, 4.69) is 6.92 Å². The van der Waals surface area contributed by atoms with Gasteiger partial charge in [0.2, 0.25) is 0 Å². The molecule has 0 radical (unpaired) electrons. The highest BCUT2D eigenvalue weighted by Gasteiger charge is 2.22. The summed E-state index contributed by atoms with van der Waals surface area (Å²) in [5.41, 5.74) is -0.677. The third kappa shape index (κ3) is 5.39. The van der Waals surface area contributed by atoms with E-state index >= 15 is 0 Å². The van der Waals surface area contributed by atoms with E-state index in [1.807, 2.05) is 6.92 Å². The van der Waals surface area contributed by atoms with Gasteiger partial charge in [-0.25, -0.2) is 14.4 Å². The molecule has 6 heteroatoms. The molecule has 0 heterocycles. The fourth-order valence-corrected chi connectivity index (χ4v) is 2.22. The number of hydrogen-bond acceptors (Lipinski definition) is 4. The number of unbranched alkanes of at least 4 members (excludes halogenated alkanes) is 2. The van der Waals surface area contributed by atoms with Gasteiger partial charge in [0.15, 0.2) is 0 Å². The largest absolute Gasteiger partial charge is 0.478 e. The lowest BCUT2D eigenvalue weighted by atomic mass is 10.0. The van der Waals surface area contributed by atoms with Crippen LogP contribution in [0.15, 0.2) is 18.2 Å². The lowest BCUT2D eigenvalue weighted by molar-refractivity contribution is 0.0261. The summed E-state index contributed by atoms with van der Waals surface area (Å²) >= 11 is 0. The second-order valence-corrected chi connectivity index (χ2v) is 5.30. The van der Waals surface area contributed by atoms with Crippen LogP contribution in [0.5, 0.6) is 0 Å². The van der Waals surface area contributed by atoms with Crippen molar-refractivity contribution >= 4 is 17.9 Å². The summed E-state index contributed by atoms with van der Waals surface area (Å²) in [7, 11) is 0. The van der Waals surface area contributed by atoms with Crippen molar-refractivity contribution in [2.24, 2.45) is 0 Å². The SMILES string of the molecule is CCCCCC(CC)OC(=O)c1ccc(C(=O)O)cc1C(=O)O. The van der Waals surface area contributed by atoms with Crippen LogP contribution in [-0.4, -0.2) is 34.2 Å². The Morgan fingerprint density at radius 3 is 2.26 bits per heavy atom. The van der Waals surface area contributed by atoms with Crippen molar-refractivity contribution < 1.29 is 29.3 Å².